The zero-order valence-electron chi connectivity index (χ0n) is 11.4. The molecule has 0 aromatic carbocycles. The van der Waals surface area contributed by atoms with Crippen molar-refractivity contribution in [3.05, 3.63) is 34.8 Å². The lowest BCUT2D eigenvalue weighted by molar-refractivity contribution is 0.355. The molecule has 1 saturated carbocycles. The van der Waals surface area contributed by atoms with Crippen molar-refractivity contribution in [2.24, 2.45) is 0 Å². The molecule has 102 valence electrons. The summed E-state index contributed by atoms with van der Waals surface area (Å²) >= 11 is 1.75. The van der Waals surface area contributed by atoms with Gasteiger partial charge in [0.25, 0.3) is 0 Å². The summed E-state index contributed by atoms with van der Waals surface area (Å²) in [6, 6.07) is 3.13. The molecule has 1 N–H and O–H groups in total. The molecule has 1 aliphatic carbocycles. The molecule has 4 heteroatoms. The van der Waals surface area contributed by atoms with Crippen molar-refractivity contribution in [1.29, 1.82) is 0 Å². The number of anilines is 1. The van der Waals surface area contributed by atoms with Crippen LogP contribution in [0.3, 0.4) is 0 Å². The van der Waals surface area contributed by atoms with Gasteiger partial charge in [-0.05, 0) is 42.2 Å². The van der Waals surface area contributed by atoms with Crippen LogP contribution in [-0.4, -0.2) is 9.55 Å². The third-order valence-electron chi connectivity index (χ3n) is 4.03. The van der Waals surface area contributed by atoms with Crippen LogP contribution in [0.15, 0.2) is 29.2 Å². The monoisotopic (exact) mass is 275 g/mol. The van der Waals surface area contributed by atoms with E-state index in [-0.39, 0.29) is 0 Å². The van der Waals surface area contributed by atoms with Gasteiger partial charge in [-0.3, -0.25) is 0 Å². The Morgan fingerprint density at radius 1 is 1.37 bits per heavy atom. The summed E-state index contributed by atoms with van der Waals surface area (Å²) in [6.45, 7) is 2.20. The number of nitrogens with one attached hydrogen (secondary N) is 1. The first-order valence-electron chi connectivity index (χ1n) is 7.16. The van der Waals surface area contributed by atoms with E-state index in [0.29, 0.717) is 12.1 Å². The number of hydrogen-bond acceptors (Lipinski definition) is 3. The third-order valence-corrected chi connectivity index (χ3v) is 4.73. The Morgan fingerprint density at radius 3 is 2.95 bits per heavy atom. The highest BCUT2D eigenvalue weighted by molar-refractivity contribution is 7.07. The molecule has 1 atom stereocenters. The van der Waals surface area contributed by atoms with E-state index in [1.807, 2.05) is 6.20 Å². The minimum atomic E-state index is 0.316. The first-order valence-corrected chi connectivity index (χ1v) is 8.10. The minimum absolute atomic E-state index is 0.316. The Kier molecular flexibility index (Phi) is 3.87. The maximum absolute atomic E-state index is 4.50. The van der Waals surface area contributed by atoms with Crippen molar-refractivity contribution in [3.8, 4) is 0 Å². The molecule has 1 aliphatic rings. The van der Waals surface area contributed by atoms with Crippen molar-refractivity contribution in [2.75, 3.05) is 5.32 Å². The SMILES string of the molecule is CC(Nc1nccn1C1CCCCC1)c1ccsc1. The highest BCUT2D eigenvalue weighted by Crippen LogP contribution is 2.31. The fraction of sp³-hybridized carbons (Fsp3) is 0.533. The van der Waals surface area contributed by atoms with Crippen LogP contribution in [0.1, 0.15) is 56.7 Å². The van der Waals surface area contributed by atoms with Crippen LogP contribution in [0.4, 0.5) is 5.95 Å². The number of hydrogen-bond donors (Lipinski definition) is 1. The number of rotatable bonds is 4. The van der Waals surface area contributed by atoms with Gasteiger partial charge in [0.15, 0.2) is 0 Å². The molecule has 0 spiro atoms. The molecule has 0 aliphatic heterocycles. The minimum Gasteiger partial charge on any atom is -0.349 e. The summed E-state index contributed by atoms with van der Waals surface area (Å²) in [5.74, 6) is 1.02. The Bertz CT molecular complexity index is 497. The highest BCUT2D eigenvalue weighted by atomic mass is 32.1. The molecule has 1 unspecified atom stereocenters. The molecule has 1 fully saturated rings. The van der Waals surface area contributed by atoms with Gasteiger partial charge in [0.1, 0.15) is 0 Å². The molecule has 0 amide bonds. The predicted molar refractivity (Wildman–Crippen MR) is 80.7 cm³/mol. The molecule has 0 radical (unpaired) electrons. The van der Waals surface area contributed by atoms with E-state index in [4.69, 9.17) is 0 Å². The van der Waals surface area contributed by atoms with Crippen LogP contribution in [0.5, 0.6) is 0 Å². The number of aromatic nitrogens is 2. The van der Waals surface area contributed by atoms with Crippen LogP contribution < -0.4 is 5.32 Å². The van der Waals surface area contributed by atoms with E-state index >= 15 is 0 Å². The number of imidazole rings is 1. The van der Waals surface area contributed by atoms with Gasteiger partial charge in [0.2, 0.25) is 5.95 Å². The van der Waals surface area contributed by atoms with Gasteiger partial charge in [0.05, 0.1) is 6.04 Å². The average Bonchev–Trinajstić information content (AvgIpc) is 3.11. The lowest BCUT2D eigenvalue weighted by atomic mass is 9.95. The summed E-state index contributed by atoms with van der Waals surface area (Å²) < 4.78 is 2.34. The molecule has 3 nitrogen and oxygen atoms in total. The molecule has 19 heavy (non-hydrogen) atoms. The molecule has 0 saturated heterocycles. The van der Waals surface area contributed by atoms with Gasteiger partial charge in [-0.2, -0.15) is 11.3 Å². The topological polar surface area (TPSA) is 29.9 Å². The summed E-state index contributed by atoms with van der Waals surface area (Å²) in [6.07, 6.45) is 10.7. The van der Waals surface area contributed by atoms with Crippen molar-refractivity contribution in [3.63, 3.8) is 0 Å². The second-order valence-corrected chi connectivity index (χ2v) is 6.15. The highest BCUT2D eigenvalue weighted by Gasteiger charge is 2.18. The predicted octanol–water partition coefficient (Wildman–Crippen LogP) is 4.62. The van der Waals surface area contributed by atoms with Crippen molar-refractivity contribution in [1.82, 2.24) is 9.55 Å². The molecule has 2 aromatic heterocycles. The third kappa shape index (κ3) is 2.84. The Hall–Kier alpha value is -1.29. The zero-order valence-corrected chi connectivity index (χ0v) is 12.2. The van der Waals surface area contributed by atoms with E-state index in [1.165, 1.54) is 37.7 Å². The van der Waals surface area contributed by atoms with Crippen LogP contribution >= 0.6 is 11.3 Å². The molecule has 3 rings (SSSR count). The van der Waals surface area contributed by atoms with E-state index in [1.54, 1.807) is 11.3 Å². The van der Waals surface area contributed by atoms with E-state index in [9.17, 15) is 0 Å². The molecule has 2 heterocycles. The van der Waals surface area contributed by atoms with Gasteiger partial charge in [0, 0.05) is 18.4 Å². The lowest BCUT2D eigenvalue weighted by Gasteiger charge is -2.25. The molecule has 0 bridgehead atoms. The van der Waals surface area contributed by atoms with Gasteiger partial charge >= 0.3 is 0 Å². The van der Waals surface area contributed by atoms with Gasteiger partial charge in [-0.25, -0.2) is 4.98 Å². The maximum Gasteiger partial charge on any atom is 0.203 e. The van der Waals surface area contributed by atoms with Crippen LogP contribution in [0.2, 0.25) is 0 Å². The van der Waals surface area contributed by atoms with E-state index in [2.05, 4.69) is 44.8 Å². The van der Waals surface area contributed by atoms with E-state index in [0.717, 1.165) is 5.95 Å². The fourth-order valence-electron chi connectivity index (χ4n) is 2.88. The Labute approximate surface area is 118 Å². The van der Waals surface area contributed by atoms with Crippen LogP contribution in [0, 0.1) is 0 Å². The second-order valence-electron chi connectivity index (χ2n) is 5.37. The standard InChI is InChI=1S/C15H21N3S/c1-12(13-7-10-19-11-13)17-15-16-8-9-18(15)14-5-3-2-4-6-14/h7-12,14H,2-6H2,1H3,(H,16,17). The Balaban J connectivity index is 1.73. The first kappa shape index (κ1) is 12.7. The largest absolute Gasteiger partial charge is 0.349 e. The molecular weight excluding hydrogens is 254 g/mol. The van der Waals surface area contributed by atoms with E-state index < -0.39 is 0 Å². The van der Waals surface area contributed by atoms with Crippen LogP contribution in [0.25, 0.3) is 0 Å². The number of thiophene rings is 1. The zero-order chi connectivity index (χ0) is 13.1. The summed E-state index contributed by atoms with van der Waals surface area (Å²) in [4.78, 5) is 4.50. The lowest BCUT2D eigenvalue weighted by Crippen LogP contribution is -2.17. The average molecular weight is 275 g/mol. The van der Waals surface area contributed by atoms with Gasteiger partial charge in [-0.15, -0.1) is 0 Å². The van der Waals surface area contributed by atoms with Crippen molar-refractivity contribution < 1.29 is 0 Å². The Morgan fingerprint density at radius 2 is 2.21 bits per heavy atom. The summed E-state index contributed by atoms with van der Waals surface area (Å²) in [5.41, 5.74) is 1.34. The quantitative estimate of drug-likeness (QED) is 0.882. The second kappa shape index (κ2) is 5.78. The van der Waals surface area contributed by atoms with Crippen molar-refractivity contribution in [2.45, 2.75) is 51.1 Å². The summed E-state index contributed by atoms with van der Waals surface area (Å²) in [7, 11) is 0. The fourth-order valence-corrected chi connectivity index (χ4v) is 3.63. The first-order chi connectivity index (χ1) is 9.34. The molecular formula is C15H21N3S. The normalized spacial score (nSPS) is 18.4. The summed E-state index contributed by atoms with van der Waals surface area (Å²) in [5, 5.41) is 7.87. The van der Waals surface area contributed by atoms with Gasteiger partial charge in [-0.1, -0.05) is 19.3 Å². The smallest absolute Gasteiger partial charge is 0.203 e. The number of nitrogens with zero attached hydrogens (tertiary/aromatic N) is 2. The molecule has 2 aromatic rings. The van der Waals surface area contributed by atoms with Crippen molar-refractivity contribution >= 4 is 17.3 Å². The van der Waals surface area contributed by atoms with Crippen LogP contribution in [-0.2, 0) is 0 Å². The van der Waals surface area contributed by atoms with Gasteiger partial charge < -0.3 is 9.88 Å². The maximum atomic E-state index is 4.50.